The molecule has 0 saturated carbocycles. The Labute approximate surface area is 118 Å². The van der Waals surface area contributed by atoms with Crippen molar-refractivity contribution < 1.29 is 4.74 Å². The van der Waals surface area contributed by atoms with E-state index < -0.39 is 0 Å². The van der Waals surface area contributed by atoms with Gasteiger partial charge in [-0.1, -0.05) is 29.8 Å². The molecule has 0 aliphatic carbocycles. The van der Waals surface area contributed by atoms with Crippen LogP contribution >= 0.6 is 0 Å². The number of aryl methyl sites for hydroxylation is 1. The van der Waals surface area contributed by atoms with E-state index in [1.165, 1.54) is 22.2 Å². The molecule has 2 aromatic heterocycles. The molecule has 0 amide bonds. The molecule has 102 valence electrons. The van der Waals surface area contributed by atoms with Crippen LogP contribution in [-0.2, 0) is 11.3 Å². The summed E-state index contributed by atoms with van der Waals surface area (Å²) in [4.78, 5) is 4.51. The summed E-state index contributed by atoms with van der Waals surface area (Å²) in [6.45, 7) is 3.59. The van der Waals surface area contributed by atoms with Crippen LogP contribution < -0.4 is 0 Å². The lowest BCUT2D eigenvalue weighted by Gasteiger charge is -2.10. The molecule has 0 spiro atoms. The van der Waals surface area contributed by atoms with E-state index in [0.717, 1.165) is 12.2 Å². The Morgan fingerprint density at radius 2 is 1.95 bits per heavy atom. The second-order valence-corrected chi connectivity index (χ2v) is 4.96. The maximum atomic E-state index is 5.23. The summed E-state index contributed by atoms with van der Waals surface area (Å²) in [5, 5.41) is 1.17. The predicted molar refractivity (Wildman–Crippen MR) is 81.8 cm³/mol. The standard InChI is InChI=1S/C17H18N2O/c1-13-5-7-14(8-6-13)16-12-15-4-3-9-18-17(15)19(16)10-11-20-2/h3-9,12H,10-11H2,1-2H3. The van der Waals surface area contributed by atoms with Gasteiger partial charge in [0.2, 0.25) is 0 Å². The zero-order valence-electron chi connectivity index (χ0n) is 11.8. The second kappa shape index (κ2) is 5.47. The van der Waals surface area contributed by atoms with Gasteiger partial charge in [0.05, 0.1) is 12.3 Å². The van der Waals surface area contributed by atoms with Gasteiger partial charge < -0.3 is 9.30 Å². The Morgan fingerprint density at radius 1 is 1.15 bits per heavy atom. The van der Waals surface area contributed by atoms with E-state index in [2.05, 4.69) is 52.9 Å². The first-order chi connectivity index (χ1) is 9.79. The quantitative estimate of drug-likeness (QED) is 0.720. The number of aromatic nitrogens is 2. The van der Waals surface area contributed by atoms with Crippen molar-refractivity contribution in [3.63, 3.8) is 0 Å². The molecular weight excluding hydrogens is 248 g/mol. The average molecular weight is 266 g/mol. The van der Waals surface area contributed by atoms with E-state index >= 15 is 0 Å². The largest absolute Gasteiger partial charge is 0.383 e. The van der Waals surface area contributed by atoms with Gasteiger partial charge in [0.15, 0.2) is 0 Å². The number of rotatable bonds is 4. The molecule has 2 heterocycles. The maximum absolute atomic E-state index is 5.23. The summed E-state index contributed by atoms with van der Waals surface area (Å²) >= 11 is 0. The molecule has 1 aromatic carbocycles. The third kappa shape index (κ3) is 2.32. The molecule has 0 aliphatic heterocycles. The van der Waals surface area contributed by atoms with Crippen LogP contribution in [0.5, 0.6) is 0 Å². The van der Waals surface area contributed by atoms with Crippen molar-refractivity contribution in [1.29, 1.82) is 0 Å². The molecule has 0 aliphatic rings. The van der Waals surface area contributed by atoms with Gasteiger partial charge in [-0.05, 0) is 30.7 Å². The lowest BCUT2D eigenvalue weighted by molar-refractivity contribution is 0.188. The zero-order chi connectivity index (χ0) is 13.9. The molecule has 0 unspecified atom stereocenters. The highest BCUT2D eigenvalue weighted by Crippen LogP contribution is 2.27. The fourth-order valence-corrected chi connectivity index (χ4v) is 2.46. The molecule has 0 N–H and O–H groups in total. The molecule has 0 bridgehead atoms. The summed E-state index contributed by atoms with van der Waals surface area (Å²) in [5.74, 6) is 0. The monoisotopic (exact) mass is 266 g/mol. The lowest BCUT2D eigenvalue weighted by Crippen LogP contribution is -2.06. The van der Waals surface area contributed by atoms with E-state index in [9.17, 15) is 0 Å². The minimum absolute atomic E-state index is 0.680. The molecule has 0 radical (unpaired) electrons. The van der Waals surface area contributed by atoms with Crippen molar-refractivity contribution in [3.8, 4) is 11.3 Å². The number of nitrogens with zero attached hydrogens (tertiary/aromatic N) is 2. The number of hydrogen-bond donors (Lipinski definition) is 0. The Kier molecular flexibility index (Phi) is 3.52. The van der Waals surface area contributed by atoms with Gasteiger partial charge in [-0.25, -0.2) is 4.98 Å². The van der Waals surface area contributed by atoms with Crippen LogP contribution in [0.1, 0.15) is 5.56 Å². The van der Waals surface area contributed by atoms with Crippen LogP contribution in [0.4, 0.5) is 0 Å². The van der Waals surface area contributed by atoms with Gasteiger partial charge in [-0.2, -0.15) is 0 Å². The third-order valence-electron chi connectivity index (χ3n) is 3.52. The minimum atomic E-state index is 0.680. The fourth-order valence-electron chi connectivity index (χ4n) is 2.46. The average Bonchev–Trinajstić information content (AvgIpc) is 2.84. The summed E-state index contributed by atoms with van der Waals surface area (Å²) in [5.41, 5.74) is 4.69. The smallest absolute Gasteiger partial charge is 0.140 e. The Balaban J connectivity index is 2.15. The number of hydrogen-bond acceptors (Lipinski definition) is 2. The van der Waals surface area contributed by atoms with E-state index in [4.69, 9.17) is 4.74 Å². The van der Waals surface area contributed by atoms with Crippen molar-refractivity contribution in [2.24, 2.45) is 0 Å². The normalized spacial score (nSPS) is 11.1. The Bertz CT molecular complexity index is 713. The summed E-state index contributed by atoms with van der Waals surface area (Å²) in [7, 11) is 1.73. The number of fused-ring (bicyclic) bond motifs is 1. The van der Waals surface area contributed by atoms with Crippen LogP contribution in [0.15, 0.2) is 48.7 Å². The molecule has 20 heavy (non-hydrogen) atoms. The van der Waals surface area contributed by atoms with Gasteiger partial charge in [-0.3, -0.25) is 0 Å². The highest BCUT2D eigenvalue weighted by Gasteiger charge is 2.10. The number of methoxy groups -OCH3 is 1. The first-order valence-corrected chi connectivity index (χ1v) is 6.80. The van der Waals surface area contributed by atoms with E-state index in [-0.39, 0.29) is 0 Å². The summed E-state index contributed by atoms with van der Waals surface area (Å²) < 4.78 is 7.45. The van der Waals surface area contributed by atoms with Crippen LogP contribution in [-0.4, -0.2) is 23.3 Å². The first kappa shape index (κ1) is 12.9. The highest BCUT2D eigenvalue weighted by molar-refractivity contribution is 5.84. The molecule has 0 atom stereocenters. The maximum Gasteiger partial charge on any atom is 0.140 e. The van der Waals surface area contributed by atoms with E-state index in [1.807, 2.05) is 12.3 Å². The van der Waals surface area contributed by atoms with E-state index in [0.29, 0.717) is 6.61 Å². The Hall–Kier alpha value is -2.13. The van der Waals surface area contributed by atoms with Crippen LogP contribution in [0.2, 0.25) is 0 Å². The SMILES string of the molecule is COCCn1c(-c2ccc(C)cc2)cc2cccnc21. The van der Waals surface area contributed by atoms with Crippen molar-refractivity contribution in [2.75, 3.05) is 13.7 Å². The summed E-state index contributed by atoms with van der Waals surface area (Å²) in [6, 6.07) is 14.9. The first-order valence-electron chi connectivity index (χ1n) is 6.80. The summed E-state index contributed by atoms with van der Waals surface area (Å²) in [6.07, 6.45) is 1.84. The molecule has 0 saturated heterocycles. The van der Waals surface area contributed by atoms with Crippen LogP contribution in [0.3, 0.4) is 0 Å². The minimum Gasteiger partial charge on any atom is -0.383 e. The molecular formula is C17H18N2O. The van der Waals surface area contributed by atoms with Gasteiger partial charge in [0.1, 0.15) is 5.65 Å². The molecule has 0 fully saturated rings. The number of ether oxygens (including phenoxy) is 1. The fraction of sp³-hybridized carbons (Fsp3) is 0.235. The van der Waals surface area contributed by atoms with Crippen molar-refractivity contribution in [2.45, 2.75) is 13.5 Å². The predicted octanol–water partition coefficient (Wildman–Crippen LogP) is 3.66. The van der Waals surface area contributed by atoms with Crippen molar-refractivity contribution in [1.82, 2.24) is 9.55 Å². The zero-order valence-corrected chi connectivity index (χ0v) is 11.8. The number of benzene rings is 1. The van der Waals surface area contributed by atoms with Crippen LogP contribution in [0.25, 0.3) is 22.3 Å². The lowest BCUT2D eigenvalue weighted by atomic mass is 10.1. The van der Waals surface area contributed by atoms with Gasteiger partial charge in [0, 0.05) is 25.2 Å². The molecule has 3 heteroatoms. The number of pyridine rings is 1. The van der Waals surface area contributed by atoms with Crippen molar-refractivity contribution in [3.05, 3.63) is 54.2 Å². The van der Waals surface area contributed by atoms with Gasteiger partial charge in [-0.15, -0.1) is 0 Å². The molecule has 3 rings (SSSR count). The van der Waals surface area contributed by atoms with Crippen molar-refractivity contribution >= 4 is 11.0 Å². The Morgan fingerprint density at radius 3 is 2.70 bits per heavy atom. The van der Waals surface area contributed by atoms with Crippen LogP contribution in [0, 0.1) is 6.92 Å². The third-order valence-corrected chi connectivity index (χ3v) is 3.52. The van der Waals surface area contributed by atoms with E-state index in [1.54, 1.807) is 7.11 Å². The molecule has 3 nitrogen and oxygen atoms in total. The van der Waals surface area contributed by atoms with Gasteiger partial charge in [0.25, 0.3) is 0 Å². The second-order valence-electron chi connectivity index (χ2n) is 4.96. The topological polar surface area (TPSA) is 27.1 Å². The highest BCUT2D eigenvalue weighted by atomic mass is 16.5. The van der Waals surface area contributed by atoms with Gasteiger partial charge >= 0.3 is 0 Å². The molecule has 3 aromatic rings.